The Balaban J connectivity index is 1.35. The molecule has 4 aromatic rings. The van der Waals surface area contributed by atoms with Crippen molar-refractivity contribution in [2.75, 3.05) is 32.7 Å². The number of ether oxygens (including phenoxy) is 3. The zero-order valence-electron chi connectivity index (χ0n) is 20.3. The van der Waals surface area contributed by atoms with E-state index in [1.54, 1.807) is 7.11 Å². The van der Waals surface area contributed by atoms with Gasteiger partial charge < -0.3 is 0 Å². The molecule has 1 fully saturated rings. The summed E-state index contributed by atoms with van der Waals surface area (Å²) >= 11 is 0.343. The molecule has 9 heteroatoms. The minimum absolute atomic E-state index is 0.183. The Morgan fingerprint density at radius 1 is 1.00 bits per heavy atom. The van der Waals surface area contributed by atoms with E-state index in [1.807, 2.05) is 12.4 Å². The Morgan fingerprint density at radius 2 is 1.78 bits per heavy atom. The molecule has 3 atom stereocenters. The van der Waals surface area contributed by atoms with Crippen molar-refractivity contribution in [2.45, 2.75) is 30.3 Å². The van der Waals surface area contributed by atoms with E-state index in [4.69, 9.17) is 19.9 Å². The summed E-state index contributed by atoms with van der Waals surface area (Å²) in [5.41, 5.74) is 8.59. The zero-order chi connectivity index (χ0) is 24.7. The monoisotopic (exact) mass is 553 g/mol. The SMILES string of the molecule is COCCOc1nc(N)nc2c1ncn2[C@@H]1C[C@H](COCc2ccccc2)[C@H]([Se]c2ccccc2)C1. The molecule has 1 aliphatic rings. The van der Waals surface area contributed by atoms with Crippen LogP contribution in [0.15, 0.2) is 67.0 Å². The maximum atomic E-state index is 6.23. The van der Waals surface area contributed by atoms with Crippen LogP contribution in [-0.4, -0.2) is 61.4 Å². The zero-order valence-corrected chi connectivity index (χ0v) is 22.0. The number of hydrogen-bond donors (Lipinski definition) is 1. The van der Waals surface area contributed by atoms with Crippen molar-refractivity contribution >= 4 is 36.5 Å². The first-order chi connectivity index (χ1) is 17.7. The van der Waals surface area contributed by atoms with Crippen LogP contribution in [0.5, 0.6) is 5.88 Å². The molecule has 8 nitrogen and oxygen atoms in total. The van der Waals surface area contributed by atoms with Crippen LogP contribution in [0.1, 0.15) is 24.4 Å². The van der Waals surface area contributed by atoms with Crippen molar-refractivity contribution < 1.29 is 14.2 Å². The molecule has 0 aliphatic heterocycles. The molecule has 2 heterocycles. The predicted molar refractivity (Wildman–Crippen MR) is 141 cm³/mol. The number of hydrogen-bond acceptors (Lipinski definition) is 7. The van der Waals surface area contributed by atoms with Crippen molar-refractivity contribution in [1.82, 2.24) is 19.5 Å². The number of nitrogens with two attached hydrogens (primary N) is 1. The Kier molecular flexibility index (Phi) is 8.13. The molecule has 0 bridgehead atoms. The van der Waals surface area contributed by atoms with Gasteiger partial charge in [-0.1, -0.05) is 0 Å². The summed E-state index contributed by atoms with van der Waals surface area (Å²) in [4.78, 5) is 14.0. The van der Waals surface area contributed by atoms with E-state index >= 15 is 0 Å². The van der Waals surface area contributed by atoms with Gasteiger partial charge in [-0.3, -0.25) is 0 Å². The normalized spacial score (nSPS) is 19.6. The first kappa shape index (κ1) is 24.7. The summed E-state index contributed by atoms with van der Waals surface area (Å²) in [5.74, 6) is 1.04. The Morgan fingerprint density at radius 3 is 2.56 bits per heavy atom. The topological polar surface area (TPSA) is 97.3 Å². The fourth-order valence-corrected chi connectivity index (χ4v) is 7.54. The van der Waals surface area contributed by atoms with E-state index in [1.165, 1.54) is 10.0 Å². The number of imidazole rings is 1. The van der Waals surface area contributed by atoms with Crippen LogP contribution >= 0.6 is 0 Å². The van der Waals surface area contributed by atoms with Gasteiger partial charge in [0.05, 0.1) is 0 Å². The van der Waals surface area contributed by atoms with Crippen molar-refractivity contribution in [3.05, 3.63) is 72.6 Å². The third kappa shape index (κ3) is 5.87. The van der Waals surface area contributed by atoms with Crippen LogP contribution in [0.3, 0.4) is 0 Å². The summed E-state index contributed by atoms with van der Waals surface area (Å²) in [6, 6.07) is 21.4. The molecule has 2 aromatic heterocycles. The second-order valence-corrected chi connectivity index (χ2v) is 11.7. The summed E-state index contributed by atoms with van der Waals surface area (Å²) in [5, 5.41) is 0. The number of methoxy groups -OCH3 is 1. The van der Waals surface area contributed by atoms with Gasteiger partial charge in [-0.15, -0.1) is 0 Å². The van der Waals surface area contributed by atoms with E-state index < -0.39 is 0 Å². The van der Waals surface area contributed by atoms with E-state index in [2.05, 4.69) is 74.1 Å². The third-order valence-corrected chi connectivity index (χ3v) is 9.39. The van der Waals surface area contributed by atoms with Crippen LogP contribution < -0.4 is 14.9 Å². The molecule has 1 aliphatic carbocycles. The first-order valence-corrected chi connectivity index (χ1v) is 14.0. The molecule has 36 heavy (non-hydrogen) atoms. The number of nitrogens with zero attached hydrogens (tertiary/aromatic N) is 4. The van der Waals surface area contributed by atoms with Gasteiger partial charge in [0, 0.05) is 0 Å². The standard InChI is InChI=1S/C27H31N5O3Se/c1-33-12-13-35-26-24-25(30-27(28)31-26)32(18-29-24)21-14-20(17-34-16-19-8-4-2-5-9-19)23(15-21)36-22-10-6-3-7-11-22/h2-11,18,20-21,23H,12-17H2,1H3,(H2,28,30,31)/t20-,21-,23-/m1/s1. The average Bonchev–Trinajstić information content (AvgIpc) is 3.49. The van der Waals surface area contributed by atoms with Gasteiger partial charge in [-0.25, -0.2) is 0 Å². The summed E-state index contributed by atoms with van der Waals surface area (Å²) in [6.45, 7) is 2.20. The van der Waals surface area contributed by atoms with Crippen molar-refractivity contribution in [3.63, 3.8) is 0 Å². The number of fused-ring (bicyclic) bond motifs is 1. The van der Waals surface area contributed by atoms with Gasteiger partial charge in [0.1, 0.15) is 0 Å². The molecular weight excluding hydrogens is 521 g/mol. The number of aromatic nitrogens is 4. The number of nitrogen functional groups attached to an aromatic ring is 1. The van der Waals surface area contributed by atoms with E-state index in [-0.39, 0.29) is 12.0 Å². The summed E-state index contributed by atoms with van der Waals surface area (Å²) in [6.07, 6.45) is 3.90. The second kappa shape index (κ2) is 11.8. The molecule has 0 saturated heterocycles. The van der Waals surface area contributed by atoms with Crippen molar-refractivity contribution in [2.24, 2.45) is 5.92 Å². The second-order valence-electron chi connectivity index (χ2n) is 8.91. The summed E-state index contributed by atoms with van der Waals surface area (Å²) in [7, 11) is 1.63. The van der Waals surface area contributed by atoms with Gasteiger partial charge in [-0.2, -0.15) is 0 Å². The summed E-state index contributed by atoms with van der Waals surface area (Å²) < 4.78 is 20.7. The Labute approximate surface area is 217 Å². The first-order valence-electron chi connectivity index (χ1n) is 12.2. The number of benzene rings is 2. The molecular formula is C27H31N5O3Se. The molecule has 0 unspecified atom stereocenters. The quantitative estimate of drug-likeness (QED) is 0.225. The van der Waals surface area contributed by atoms with E-state index in [0.29, 0.717) is 56.9 Å². The van der Waals surface area contributed by atoms with E-state index in [0.717, 1.165) is 25.1 Å². The third-order valence-electron chi connectivity index (χ3n) is 6.41. The maximum absolute atomic E-state index is 6.23. The van der Waals surface area contributed by atoms with Crippen molar-refractivity contribution in [3.8, 4) is 5.88 Å². The van der Waals surface area contributed by atoms with Crippen LogP contribution in [0.25, 0.3) is 11.2 Å². The molecule has 1 saturated carbocycles. The van der Waals surface area contributed by atoms with Crippen LogP contribution in [-0.2, 0) is 16.1 Å². The van der Waals surface area contributed by atoms with Crippen LogP contribution in [0, 0.1) is 5.92 Å². The molecule has 2 aromatic carbocycles. The van der Waals surface area contributed by atoms with Crippen LogP contribution in [0.2, 0.25) is 4.82 Å². The molecule has 188 valence electrons. The molecule has 2 N–H and O–H groups in total. The van der Waals surface area contributed by atoms with Gasteiger partial charge in [0.2, 0.25) is 0 Å². The Hall–Kier alpha value is -2.97. The van der Waals surface area contributed by atoms with Crippen LogP contribution in [0.4, 0.5) is 5.95 Å². The van der Waals surface area contributed by atoms with Gasteiger partial charge >= 0.3 is 218 Å². The molecule has 5 rings (SSSR count). The van der Waals surface area contributed by atoms with Crippen molar-refractivity contribution in [1.29, 1.82) is 0 Å². The molecule has 0 amide bonds. The average molecular weight is 553 g/mol. The van der Waals surface area contributed by atoms with Gasteiger partial charge in [0.15, 0.2) is 0 Å². The molecule has 0 spiro atoms. The fourth-order valence-electron chi connectivity index (χ4n) is 4.68. The van der Waals surface area contributed by atoms with E-state index in [9.17, 15) is 0 Å². The molecule has 0 radical (unpaired) electrons. The minimum atomic E-state index is 0.183. The number of rotatable bonds is 11. The number of anilines is 1. The fraction of sp³-hybridized carbons (Fsp3) is 0.370. The van der Waals surface area contributed by atoms with Gasteiger partial charge in [-0.05, 0) is 0 Å². The predicted octanol–water partition coefficient (Wildman–Crippen LogP) is 3.42. The Bertz CT molecular complexity index is 1250. The van der Waals surface area contributed by atoms with Gasteiger partial charge in [0.25, 0.3) is 0 Å².